The van der Waals surface area contributed by atoms with Crippen molar-refractivity contribution in [2.45, 2.75) is 31.3 Å². The zero-order valence-corrected chi connectivity index (χ0v) is 12.2. The standard InChI is InChI=1S/C15H19ClN2O2/c16-13-2-1-12-10-18(6-3-11(12)9-13)14(19)15(17)4-7-20-8-5-15/h1-2,9H,3-8,10,17H2. The molecule has 2 aliphatic heterocycles. The number of ether oxygens (including phenoxy) is 1. The van der Waals surface area contributed by atoms with E-state index in [4.69, 9.17) is 22.1 Å². The zero-order chi connectivity index (χ0) is 14.2. The molecular weight excluding hydrogens is 276 g/mol. The fourth-order valence-corrected chi connectivity index (χ4v) is 3.15. The van der Waals surface area contributed by atoms with E-state index in [9.17, 15) is 4.79 Å². The molecule has 0 aromatic heterocycles. The van der Waals surface area contributed by atoms with Gasteiger partial charge >= 0.3 is 0 Å². The first-order valence-corrected chi connectivity index (χ1v) is 7.40. The van der Waals surface area contributed by atoms with Crippen molar-refractivity contribution in [1.82, 2.24) is 4.90 Å². The molecule has 0 aliphatic carbocycles. The Morgan fingerprint density at radius 1 is 1.30 bits per heavy atom. The van der Waals surface area contributed by atoms with Crippen molar-refractivity contribution in [3.8, 4) is 0 Å². The van der Waals surface area contributed by atoms with Gasteiger partial charge in [0.1, 0.15) is 0 Å². The summed E-state index contributed by atoms with van der Waals surface area (Å²) in [5.41, 5.74) is 7.94. The molecule has 0 radical (unpaired) electrons. The molecule has 1 saturated heterocycles. The van der Waals surface area contributed by atoms with E-state index >= 15 is 0 Å². The summed E-state index contributed by atoms with van der Waals surface area (Å²) in [6, 6.07) is 5.87. The Morgan fingerprint density at radius 3 is 2.80 bits per heavy atom. The number of amides is 1. The van der Waals surface area contributed by atoms with Crippen molar-refractivity contribution in [3.63, 3.8) is 0 Å². The fraction of sp³-hybridized carbons (Fsp3) is 0.533. The van der Waals surface area contributed by atoms with Crippen LogP contribution in [-0.4, -0.2) is 36.1 Å². The number of nitrogens with two attached hydrogens (primary N) is 1. The lowest BCUT2D eigenvalue weighted by Gasteiger charge is -2.38. The number of halogens is 1. The van der Waals surface area contributed by atoms with Crippen molar-refractivity contribution >= 4 is 17.5 Å². The third-order valence-electron chi connectivity index (χ3n) is 4.28. The van der Waals surface area contributed by atoms with Crippen LogP contribution in [0.1, 0.15) is 24.0 Å². The maximum atomic E-state index is 12.7. The number of rotatable bonds is 1. The van der Waals surface area contributed by atoms with E-state index in [0.29, 0.717) is 39.1 Å². The van der Waals surface area contributed by atoms with E-state index in [1.807, 2.05) is 23.1 Å². The van der Waals surface area contributed by atoms with Crippen LogP contribution >= 0.6 is 11.6 Å². The molecule has 1 fully saturated rings. The van der Waals surface area contributed by atoms with Crippen molar-refractivity contribution in [1.29, 1.82) is 0 Å². The Morgan fingerprint density at radius 2 is 2.05 bits per heavy atom. The monoisotopic (exact) mass is 294 g/mol. The molecule has 108 valence electrons. The van der Waals surface area contributed by atoms with E-state index in [2.05, 4.69) is 0 Å². The van der Waals surface area contributed by atoms with E-state index in [-0.39, 0.29) is 5.91 Å². The Kier molecular flexibility index (Phi) is 3.71. The molecule has 0 atom stereocenters. The van der Waals surface area contributed by atoms with Crippen LogP contribution in [-0.2, 0) is 22.5 Å². The topological polar surface area (TPSA) is 55.6 Å². The normalized spacial score (nSPS) is 21.4. The largest absolute Gasteiger partial charge is 0.381 e. The first-order chi connectivity index (χ1) is 9.58. The summed E-state index contributed by atoms with van der Waals surface area (Å²) in [5, 5.41) is 0.753. The number of nitrogens with zero attached hydrogens (tertiary/aromatic N) is 1. The molecule has 2 N–H and O–H groups in total. The van der Waals surface area contributed by atoms with Gasteiger partial charge < -0.3 is 15.4 Å². The second kappa shape index (κ2) is 5.35. The third-order valence-corrected chi connectivity index (χ3v) is 4.51. The summed E-state index contributed by atoms with van der Waals surface area (Å²) in [6.45, 7) is 2.49. The zero-order valence-electron chi connectivity index (χ0n) is 11.4. The molecule has 20 heavy (non-hydrogen) atoms. The maximum Gasteiger partial charge on any atom is 0.243 e. The van der Waals surface area contributed by atoms with Crippen LogP contribution in [0.2, 0.25) is 5.02 Å². The first kappa shape index (κ1) is 13.9. The smallest absolute Gasteiger partial charge is 0.243 e. The van der Waals surface area contributed by atoms with Crippen LogP contribution in [0.15, 0.2) is 18.2 Å². The first-order valence-electron chi connectivity index (χ1n) is 7.02. The summed E-state index contributed by atoms with van der Waals surface area (Å²) in [4.78, 5) is 14.5. The second-order valence-corrected chi connectivity index (χ2v) is 6.09. The summed E-state index contributed by atoms with van der Waals surface area (Å²) in [6.07, 6.45) is 2.06. The minimum absolute atomic E-state index is 0.0569. The molecule has 5 heteroatoms. The molecule has 1 aromatic rings. The Hall–Kier alpha value is -1.10. The molecule has 4 nitrogen and oxygen atoms in total. The number of hydrogen-bond acceptors (Lipinski definition) is 3. The molecule has 0 spiro atoms. The molecule has 3 rings (SSSR count). The van der Waals surface area contributed by atoms with Gasteiger partial charge in [-0.05, 0) is 42.5 Å². The summed E-state index contributed by atoms with van der Waals surface area (Å²) in [7, 11) is 0. The Balaban J connectivity index is 1.76. The molecule has 2 aliphatic rings. The minimum atomic E-state index is -0.748. The summed E-state index contributed by atoms with van der Waals surface area (Å²) < 4.78 is 5.31. The number of fused-ring (bicyclic) bond motifs is 1. The van der Waals surface area contributed by atoms with Crippen LogP contribution in [0, 0.1) is 0 Å². The molecule has 0 unspecified atom stereocenters. The third kappa shape index (κ3) is 2.55. The van der Waals surface area contributed by atoms with Crippen LogP contribution < -0.4 is 5.73 Å². The highest BCUT2D eigenvalue weighted by atomic mass is 35.5. The van der Waals surface area contributed by atoms with Gasteiger partial charge in [-0.3, -0.25) is 4.79 Å². The van der Waals surface area contributed by atoms with Gasteiger partial charge in [-0.1, -0.05) is 17.7 Å². The average molecular weight is 295 g/mol. The highest BCUT2D eigenvalue weighted by Crippen LogP contribution is 2.26. The van der Waals surface area contributed by atoms with Crippen LogP contribution in [0.25, 0.3) is 0 Å². The highest BCUT2D eigenvalue weighted by molar-refractivity contribution is 6.30. The van der Waals surface area contributed by atoms with Gasteiger partial charge in [0.15, 0.2) is 0 Å². The lowest BCUT2D eigenvalue weighted by Crippen LogP contribution is -2.58. The van der Waals surface area contributed by atoms with E-state index in [0.717, 1.165) is 11.4 Å². The predicted octanol–water partition coefficient (Wildman–Crippen LogP) is 1.73. The number of carbonyl (C=O) groups is 1. The SMILES string of the molecule is NC1(C(=O)N2CCc3cc(Cl)ccc3C2)CCOCC1. The lowest BCUT2D eigenvalue weighted by molar-refractivity contribution is -0.141. The van der Waals surface area contributed by atoms with E-state index in [1.54, 1.807) is 0 Å². The lowest BCUT2D eigenvalue weighted by atomic mass is 9.88. The van der Waals surface area contributed by atoms with Crippen LogP contribution in [0.5, 0.6) is 0 Å². The number of hydrogen-bond donors (Lipinski definition) is 1. The Labute approximate surface area is 123 Å². The predicted molar refractivity (Wildman–Crippen MR) is 77.5 cm³/mol. The van der Waals surface area contributed by atoms with E-state index < -0.39 is 5.54 Å². The molecular formula is C15H19ClN2O2. The summed E-state index contributed by atoms with van der Waals surface area (Å²) >= 11 is 6.01. The summed E-state index contributed by atoms with van der Waals surface area (Å²) in [5.74, 6) is 0.0569. The van der Waals surface area contributed by atoms with Gasteiger partial charge in [-0.25, -0.2) is 0 Å². The van der Waals surface area contributed by atoms with Gasteiger partial charge in [-0.15, -0.1) is 0 Å². The highest BCUT2D eigenvalue weighted by Gasteiger charge is 2.39. The Bertz CT molecular complexity index is 527. The second-order valence-electron chi connectivity index (χ2n) is 5.66. The molecule has 0 saturated carbocycles. The van der Waals surface area contributed by atoms with Gasteiger partial charge in [0.2, 0.25) is 5.91 Å². The fourth-order valence-electron chi connectivity index (χ4n) is 2.96. The quantitative estimate of drug-likeness (QED) is 0.858. The molecule has 1 amide bonds. The van der Waals surface area contributed by atoms with E-state index in [1.165, 1.54) is 11.1 Å². The van der Waals surface area contributed by atoms with Crippen molar-refractivity contribution in [2.75, 3.05) is 19.8 Å². The number of carbonyl (C=O) groups excluding carboxylic acids is 1. The van der Waals surface area contributed by atoms with Crippen LogP contribution in [0.3, 0.4) is 0 Å². The van der Waals surface area contributed by atoms with Crippen molar-refractivity contribution in [3.05, 3.63) is 34.3 Å². The maximum absolute atomic E-state index is 12.7. The van der Waals surface area contributed by atoms with Crippen molar-refractivity contribution < 1.29 is 9.53 Å². The van der Waals surface area contributed by atoms with Crippen molar-refractivity contribution in [2.24, 2.45) is 5.73 Å². The van der Waals surface area contributed by atoms with Gasteiger partial charge in [-0.2, -0.15) is 0 Å². The average Bonchev–Trinajstić information content (AvgIpc) is 2.46. The molecule has 0 bridgehead atoms. The number of benzene rings is 1. The van der Waals surface area contributed by atoms with Gasteiger partial charge in [0, 0.05) is 31.3 Å². The van der Waals surface area contributed by atoms with Gasteiger partial charge in [0.25, 0.3) is 0 Å². The minimum Gasteiger partial charge on any atom is -0.381 e. The van der Waals surface area contributed by atoms with Gasteiger partial charge in [0.05, 0.1) is 5.54 Å². The molecule has 1 aromatic carbocycles. The van der Waals surface area contributed by atoms with Crippen LogP contribution in [0.4, 0.5) is 0 Å². The molecule has 2 heterocycles.